The number of anilines is 2. The molecule has 2 aromatic rings. The van der Waals surface area contributed by atoms with Gasteiger partial charge in [0, 0.05) is 24.5 Å². The zero-order valence-corrected chi connectivity index (χ0v) is 13.5. The van der Waals surface area contributed by atoms with Gasteiger partial charge >= 0.3 is 6.03 Å². The zero-order chi connectivity index (χ0) is 16.7. The number of nitrogens with one attached hydrogen (secondary N) is 2. The highest BCUT2D eigenvalue weighted by Crippen LogP contribution is 2.44. The molecular formula is C19H19N3O2. The lowest BCUT2D eigenvalue weighted by Gasteiger charge is -2.22. The second-order valence-electron chi connectivity index (χ2n) is 6.55. The van der Waals surface area contributed by atoms with Gasteiger partial charge in [-0.15, -0.1) is 0 Å². The Morgan fingerprint density at radius 2 is 2.04 bits per heavy atom. The first-order valence-electron chi connectivity index (χ1n) is 8.12. The number of aryl methyl sites for hydroxylation is 1. The zero-order valence-electron chi connectivity index (χ0n) is 13.5. The number of fused-ring (bicyclic) bond motifs is 2. The minimum absolute atomic E-state index is 0.00504. The van der Waals surface area contributed by atoms with Crippen LogP contribution < -0.4 is 10.6 Å². The third-order valence-corrected chi connectivity index (χ3v) is 4.95. The summed E-state index contributed by atoms with van der Waals surface area (Å²) in [6.07, 6.45) is 0.650. The maximum Gasteiger partial charge on any atom is 0.321 e. The normalized spacial score (nSPS) is 21.7. The Labute approximate surface area is 140 Å². The van der Waals surface area contributed by atoms with Crippen LogP contribution in [-0.2, 0) is 10.2 Å². The number of hydrogen-bond donors (Lipinski definition) is 2. The average Bonchev–Trinajstić information content (AvgIpc) is 3.12. The van der Waals surface area contributed by atoms with Gasteiger partial charge in [-0.05, 0) is 42.7 Å². The summed E-state index contributed by atoms with van der Waals surface area (Å²) in [5.74, 6) is -0.00504. The summed E-state index contributed by atoms with van der Waals surface area (Å²) in [5, 5.41) is 5.87. The van der Waals surface area contributed by atoms with Crippen molar-refractivity contribution in [3.63, 3.8) is 0 Å². The van der Waals surface area contributed by atoms with Crippen molar-refractivity contribution in [2.75, 3.05) is 23.7 Å². The minimum Gasteiger partial charge on any atom is -0.325 e. The molecule has 0 radical (unpaired) electrons. The molecule has 2 aromatic carbocycles. The van der Waals surface area contributed by atoms with Crippen molar-refractivity contribution in [3.05, 3.63) is 59.7 Å². The van der Waals surface area contributed by atoms with Gasteiger partial charge in [0.25, 0.3) is 0 Å². The van der Waals surface area contributed by atoms with E-state index in [1.807, 2.05) is 55.5 Å². The van der Waals surface area contributed by atoms with E-state index in [1.54, 1.807) is 4.90 Å². The van der Waals surface area contributed by atoms with Gasteiger partial charge in [0.05, 0.1) is 5.41 Å². The maximum absolute atomic E-state index is 12.6. The van der Waals surface area contributed by atoms with Crippen molar-refractivity contribution in [1.82, 2.24) is 4.90 Å². The Kier molecular flexibility index (Phi) is 3.30. The molecule has 2 aliphatic heterocycles. The lowest BCUT2D eigenvalue weighted by Crippen LogP contribution is -2.40. The van der Waals surface area contributed by atoms with E-state index in [2.05, 4.69) is 10.6 Å². The fourth-order valence-corrected chi connectivity index (χ4v) is 3.69. The van der Waals surface area contributed by atoms with Crippen molar-refractivity contribution >= 4 is 23.3 Å². The third kappa shape index (κ3) is 2.24. The highest BCUT2D eigenvalue weighted by atomic mass is 16.2. The van der Waals surface area contributed by atoms with E-state index in [0.717, 1.165) is 22.5 Å². The van der Waals surface area contributed by atoms with E-state index < -0.39 is 5.41 Å². The van der Waals surface area contributed by atoms with Gasteiger partial charge in [0.1, 0.15) is 0 Å². The van der Waals surface area contributed by atoms with Crippen molar-refractivity contribution in [2.24, 2.45) is 0 Å². The second-order valence-corrected chi connectivity index (χ2v) is 6.55. The largest absolute Gasteiger partial charge is 0.325 e. The predicted molar refractivity (Wildman–Crippen MR) is 93.1 cm³/mol. The van der Waals surface area contributed by atoms with Crippen LogP contribution in [0, 0.1) is 6.92 Å². The fourth-order valence-electron chi connectivity index (χ4n) is 3.69. The first kappa shape index (κ1) is 14.8. The quantitative estimate of drug-likeness (QED) is 0.848. The van der Waals surface area contributed by atoms with Crippen molar-refractivity contribution in [2.45, 2.75) is 18.8 Å². The molecule has 1 atom stereocenters. The average molecular weight is 321 g/mol. The minimum atomic E-state index is -0.611. The molecule has 3 amide bonds. The number of likely N-dealkylation sites (tertiary alicyclic amines) is 1. The SMILES string of the molecule is Cc1cccc(NC(=O)N2CC[C@]3(C2)C(=O)Nc2ccccc23)c1. The molecule has 2 heterocycles. The number of hydrogen-bond acceptors (Lipinski definition) is 2. The van der Waals surface area contributed by atoms with Crippen molar-refractivity contribution in [1.29, 1.82) is 0 Å². The smallest absolute Gasteiger partial charge is 0.321 e. The summed E-state index contributed by atoms with van der Waals surface area (Å²) in [6, 6.07) is 15.3. The summed E-state index contributed by atoms with van der Waals surface area (Å²) < 4.78 is 0. The molecule has 0 bridgehead atoms. The summed E-state index contributed by atoms with van der Waals surface area (Å²) in [5.41, 5.74) is 3.12. The van der Waals surface area contributed by atoms with E-state index in [1.165, 1.54) is 0 Å². The Bertz CT molecular complexity index is 833. The number of rotatable bonds is 1. The Balaban J connectivity index is 1.54. The molecule has 0 unspecified atom stereocenters. The van der Waals surface area contributed by atoms with Gasteiger partial charge in [0.2, 0.25) is 5.91 Å². The topological polar surface area (TPSA) is 61.4 Å². The van der Waals surface area contributed by atoms with Crippen LogP contribution >= 0.6 is 0 Å². The van der Waals surface area contributed by atoms with E-state index in [0.29, 0.717) is 19.5 Å². The first-order chi connectivity index (χ1) is 11.6. The highest BCUT2D eigenvalue weighted by molar-refractivity contribution is 6.07. The molecule has 0 saturated carbocycles. The summed E-state index contributed by atoms with van der Waals surface area (Å²) in [6.45, 7) is 2.97. The van der Waals surface area contributed by atoms with Crippen LogP contribution in [0.25, 0.3) is 0 Å². The van der Waals surface area contributed by atoms with Gasteiger partial charge in [-0.2, -0.15) is 0 Å². The Morgan fingerprint density at radius 1 is 1.21 bits per heavy atom. The summed E-state index contributed by atoms with van der Waals surface area (Å²) in [7, 11) is 0. The first-order valence-corrected chi connectivity index (χ1v) is 8.12. The molecule has 1 saturated heterocycles. The van der Waals surface area contributed by atoms with Crippen LogP contribution in [0.5, 0.6) is 0 Å². The summed E-state index contributed by atoms with van der Waals surface area (Å²) >= 11 is 0. The maximum atomic E-state index is 12.6. The van der Waals surface area contributed by atoms with E-state index in [-0.39, 0.29) is 11.9 Å². The van der Waals surface area contributed by atoms with Crippen LogP contribution in [0.2, 0.25) is 0 Å². The number of amides is 3. The number of urea groups is 1. The number of carbonyl (C=O) groups is 2. The fraction of sp³-hybridized carbons (Fsp3) is 0.263. The molecule has 5 nitrogen and oxygen atoms in total. The number of benzene rings is 2. The highest BCUT2D eigenvalue weighted by Gasteiger charge is 2.51. The lowest BCUT2D eigenvalue weighted by molar-refractivity contribution is -0.120. The van der Waals surface area contributed by atoms with E-state index in [4.69, 9.17) is 0 Å². The number of carbonyl (C=O) groups excluding carboxylic acids is 2. The van der Waals surface area contributed by atoms with E-state index >= 15 is 0 Å². The third-order valence-electron chi connectivity index (χ3n) is 4.95. The molecule has 2 aliphatic rings. The van der Waals surface area contributed by atoms with Gasteiger partial charge in [0.15, 0.2) is 0 Å². The standard InChI is InChI=1S/C19H19N3O2/c1-13-5-4-6-14(11-13)20-18(24)22-10-9-19(12-22)15-7-2-3-8-16(15)21-17(19)23/h2-8,11H,9-10,12H2,1H3,(H,20,24)(H,21,23)/t19-/m1/s1. The van der Waals surface area contributed by atoms with Crippen molar-refractivity contribution < 1.29 is 9.59 Å². The lowest BCUT2D eigenvalue weighted by atomic mass is 9.81. The molecular weight excluding hydrogens is 302 g/mol. The van der Waals surface area contributed by atoms with Crippen LogP contribution in [0.1, 0.15) is 17.5 Å². The predicted octanol–water partition coefficient (Wildman–Crippen LogP) is 3.12. The Hall–Kier alpha value is -2.82. The van der Waals surface area contributed by atoms with Gasteiger partial charge in [-0.25, -0.2) is 4.79 Å². The van der Waals surface area contributed by atoms with Gasteiger partial charge in [-0.3, -0.25) is 4.79 Å². The molecule has 0 aromatic heterocycles. The van der Waals surface area contributed by atoms with Gasteiger partial charge < -0.3 is 15.5 Å². The van der Waals surface area contributed by atoms with Crippen LogP contribution in [0.3, 0.4) is 0 Å². The van der Waals surface area contributed by atoms with Crippen LogP contribution in [0.4, 0.5) is 16.2 Å². The molecule has 5 heteroatoms. The number of nitrogens with zero attached hydrogens (tertiary/aromatic N) is 1. The van der Waals surface area contributed by atoms with Crippen LogP contribution in [-0.4, -0.2) is 29.9 Å². The van der Waals surface area contributed by atoms with Gasteiger partial charge in [-0.1, -0.05) is 30.3 Å². The van der Waals surface area contributed by atoms with Crippen LogP contribution in [0.15, 0.2) is 48.5 Å². The molecule has 1 fully saturated rings. The van der Waals surface area contributed by atoms with Crippen molar-refractivity contribution in [3.8, 4) is 0 Å². The molecule has 4 rings (SSSR count). The second kappa shape index (κ2) is 5.37. The molecule has 2 N–H and O–H groups in total. The molecule has 24 heavy (non-hydrogen) atoms. The molecule has 1 spiro atoms. The van der Waals surface area contributed by atoms with E-state index in [9.17, 15) is 9.59 Å². The Morgan fingerprint density at radius 3 is 2.88 bits per heavy atom. The monoisotopic (exact) mass is 321 g/mol. The molecule has 0 aliphatic carbocycles. The summed E-state index contributed by atoms with van der Waals surface area (Å²) in [4.78, 5) is 26.9. The molecule has 122 valence electrons. The number of para-hydroxylation sites is 1.